The summed E-state index contributed by atoms with van der Waals surface area (Å²) in [5.41, 5.74) is 1.33. The molecule has 26 heavy (non-hydrogen) atoms. The van der Waals surface area contributed by atoms with E-state index >= 15 is 0 Å². The van der Waals surface area contributed by atoms with Gasteiger partial charge in [-0.2, -0.15) is 5.10 Å². The van der Waals surface area contributed by atoms with E-state index in [-0.39, 0.29) is 15.5 Å². The zero-order valence-corrected chi connectivity index (χ0v) is 14.5. The summed E-state index contributed by atoms with van der Waals surface area (Å²) in [6.45, 7) is -0.454. The molecule has 1 aromatic heterocycles. The highest BCUT2D eigenvalue weighted by Gasteiger charge is 2.19. The van der Waals surface area contributed by atoms with Gasteiger partial charge in [-0.25, -0.2) is 0 Å². The Morgan fingerprint density at radius 1 is 1.46 bits per heavy atom. The third kappa shape index (κ3) is 3.43. The van der Waals surface area contributed by atoms with Crippen molar-refractivity contribution in [2.75, 3.05) is 0 Å². The fraction of sp³-hybridized carbons (Fsp3) is 0.0667. The summed E-state index contributed by atoms with van der Waals surface area (Å²) in [5, 5.41) is 37.8. The van der Waals surface area contributed by atoms with E-state index in [9.17, 15) is 20.0 Å². The standard InChI is InChI=1S/C15H10N4O5S2/c20-12(21)7-18-14(22)11(26-15(18)25)5-9-6-16-17-13(9)8-2-1-3-10(4-8)19(23)24/h1-6,22H,7H2,(H,20,21). The van der Waals surface area contributed by atoms with Crippen LogP contribution in [-0.4, -0.2) is 37.6 Å². The van der Waals surface area contributed by atoms with Crippen LogP contribution >= 0.6 is 23.6 Å². The average Bonchev–Trinajstić information content (AvgIpc) is 3.15. The number of nitro groups is 1. The minimum Gasteiger partial charge on any atom is -0.493 e. The van der Waals surface area contributed by atoms with Crippen LogP contribution in [0.1, 0.15) is 10.4 Å². The molecule has 0 fully saturated rings. The van der Waals surface area contributed by atoms with Gasteiger partial charge in [-0.3, -0.25) is 19.5 Å². The van der Waals surface area contributed by atoms with Crippen molar-refractivity contribution in [2.24, 2.45) is 10.2 Å². The van der Waals surface area contributed by atoms with Crippen LogP contribution in [0.5, 0.6) is 5.88 Å². The van der Waals surface area contributed by atoms with Gasteiger partial charge in [0.05, 0.1) is 16.0 Å². The highest BCUT2D eigenvalue weighted by molar-refractivity contribution is 7.73. The number of carboxylic acid groups (broad SMARTS) is 1. The molecule has 9 nitrogen and oxygen atoms in total. The first-order valence-corrected chi connectivity index (χ1v) is 8.31. The van der Waals surface area contributed by atoms with E-state index < -0.39 is 17.4 Å². The van der Waals surface area contributed by atoms with Crippen molar-refractivity contribution in [1.82, 2.24) is 4.57 Å². The van der Waals surface area contributed by atoms with E-state index in [0.29, 0.717) is 21.7 Å². The molecular weight excluding hydrogens is 380 g/mol. The van der Waals surface area contributed by atoms with Gasteiger partial charge in [0, 0.05) is 23.3 Å². The molecule has 0 aliphatic carbocycles. The van der Waals surface area contributed by atoms with Crippen LogP contribution in [0.3, 0.4) is 0 Å². The Labute approximate surface area is 155 Å². The van der Waals surface area contributed by atoms with Crippen LogP contribution < -0.4 is 0 Å². The van der Waals surface area contributed by atoms with Gasteiger partial charge in [0.1, 0.15) is 12.3 Å². The van der Waals surface area contributed by atoms with Gasteiger partial charge in [0.25, 0.3) is 5.69 Å². The maximum atomic E-state index is 10.9. The molecule has 1 aromatic carbocycles. The maximum absolute atomic E-state index is 10.9. The predicted molar refractivity (Wildman–Crippen MR) is 98.5 cm³/mol. The summed E-state index contributed by atoms with van der Waals surface area (Å²) in [6, 6.07) is 5.94. The Hall–Kier alpha value is -3.18. The first kappa shape index (κ1) is 17.6. The molecule has 3 rings (SSSR count). The fourth-order valence-electron chi connectivity index (χ4n) is 2.29. The van der Waals surface area contributed by atoms with Crippen molar-refractivity contribution in [3.63, 3.8) is 0 Å². The lowest BCUT2D eigenvalue weighted by molar-refractivity contribution is -0.384. The summed E-state index contributed by atoms with van der Waals surface area (Å²) in [4.78, 5) is 21.6. The molecular formula is C15H10N4O5S2. The SMILES string of the molecule is O=C(O)Cn1c(O)c(C=C2C=NN=C2c2cccc([N+](=O)[O-])c2)sc1=S. The van der Waals surface area contributed by atoms with E-state index in [1.165, 1.54) is 24.4 Å². The Balaban J connectivity index is 2.00. The number of hydrogen-bond donors (Lipinski definition) is 2. The highest BCUT2D eigenvalue weighted by atomic mass is 32.1. The van der Waals surface area contributed by atoms with E-state index in [1.807, 2.05) is 0 Å². The number of aromatic hydroxyl groups is 1. The third-order valence-corrected chi connectivity index (χ3v) is 4.82. The largest absolute Gasteiger partial charge is 0.493 e. The molecule has 0 saturated heterocycles. The van der Waals surface area contributed by atoms with Gasteiger partial charge < -0.3 is 10.2 Å². The molecule has 11 heteroatoms. The number of carboxylic acids is 1. The summed E-state index contributed by atoms with van der Waals surface area (Å²) < 4.78 is 1.31. The molecule has 0 bridgehead atoms. The van der Waals surface area contributed by atoms with E-state index in [2.05, 4.69) is 10.2 Å². The Morgan fingerprint density at radius 2 is 2.23 bits per heavy atom. The van der Waals surface area contributed by atoms with Crippen molar-refractivity contribution in [3.8, 4) is 5.88 Å². The number of nitrogens with zero attached hydrogens (tertiary/aromatic N) is 4. The number of non-ortho nitro benzene ring substituents is 1. The van der Waals surface area contributed by atoms with Crippen LogP contribution in [0.25, 0.3) is 6.08 Å². The Bertz CT molecular complexity index is 1060. The summed E-state index contributed by atoms with van der Waals surface area (Å²) >= 11 is 6.12. The molecule has 2 heterocycles. The molecule has 0 radical (unpaired) electrons. The van der Waals surface area contributed by atoms with E-state index in [4.69, 9.17) is 17.3 Å². The van der Waals surface area contributed by atoms with E-state index in [0.717, 1.165) is 15.9 Å². The van der Waals surface area contributed by atoms with Gasteiger partial charge in [0.2, 0.25) is 5.88 Å². The average molecular weight is 390 g/mol. The lowest BCUT2D eigenvalue weighted by atomic mass is 10.0. The number of hydrogen-bond acceptors (Lipinski definition) is 8. The van der Waals surface area contributed by atoms with Crippen LogP contribution in [0.15, 0.2) is 40.0 Å². The Morgan fingerprint density at radius 3 is 2.92 bits per heavy atom. The molecule has 0 unspecified atom stereocenters. The molecule has 0 amide bonds. The number of allylic oxidation sites excluding steroid dienone is 1. The molecule has 0 atom stereocenters. The van der Waals surface area contributed by atoms with Gasteiger partial charge >= 0.3 is 5.97 Å². The smallest absolute Gasteiger partial charge is 0.323 e. The zero-order valence-electron chi connectivity index (χ0n) is 12.9. The van der Waals surface area contributed by atoms with Gasteiger partial charge in [0.15, 0.2) is 3.95 Å². The number of nitro benzene ring substituents is 1. The molecule has 1 aliphatic heterocycles. The topological polar surface area (TPSA) is 130 Å². The van der Waals surface area contributed by atoms with Crippen LogP contribution in [0.4, 0.5) is 5.69 Å². The van der Waals surface area contributed by atoms with Crippen LogP contribution in [-0.2, 0) is 11.3 Å². The van der Waals surface area contributed by atoms with Gasteiger partial charge in [-0.15, -0.1) is 16.4 Å². The number of benzene rings is 1. The van der Waals surface area contributed by atoms with Gasteiger partial charge in [-0.1, -0.05) is 12.1 Å². The highest BCUT2D eigenvalue weighted by Crippen LogP contribution is 2.30. The second-order valence-corrected chi connectivity index (χ2v) is 6.81. The summed E-state index contributed by atoms with van der Waals surface area (Å²) in [5.74, 6) is -1.40. The summed E-state index contributed by atoms with van der Waals surface area (Å²) in [6.07, 6.45) is 3.00. The quantitative estimate of drug-likeness (QED) is 0.459. The lowest BCUT2D eigenvalue weighted by Gasteiger charge is -2.03. The number of carbonyl (C=O) groups is 1. The van der Waals surface area contributed by atoms with Crippen molar-refractivity contribution >= 4 is 53.2 Å². The minimum absolute atomic E-state index is 0.0810. The first-order chi connectivity index (χ1) is 12.4. The Kier molecular flexibility index (Phi) is 4.73. The number of aromatic nitrogens is 1. The minimum atomic E-state index is -1.13. The van der Waals surface area contributed by atoms with Crippen molar-refractivity contribution in [1.29, 1.82) is 0 Å². The molecule has 2 aromatic rings. The van der Waals surface area contributed by atoms with Crippen molar-refractivity contribution in [2.45, 2.75) is 6.54 Å². The maximum Gasteiger partial charge on any atom is 0.323 e. The second-order valence-electron chi connectivity index (χ2n) is 5.14. The normalized spacial score (nSPS) is 14.6. The number of thiazole rings is 1. The molecule has 132 valence electrons. The van der Waals surface area contributed by atoms with Crippen LogP contribution in [0.2, 0.25) is 0 Å². The molecule has 0 saturated carbocycles. The predicted octanol–water partition coefficient (Wildman–Crippen LogP) is 2.85. The van der Waals surface area contributed by atoms with Crippen molar-refractivity contribution in [3.05, 3.63) is 54.3 Å². The molecule has 1 aliphatic rings. The molecule has 2 N–H and O–H groups in total. The lowest BCUT2D eigenvalue weighted by Crippen LogP contribution is -2.08. The van der Waals surface area contributed by atoms with Gasteiger partial charge in [-0.05, 0) is 18.3 Å². The summed E-state index contributed by atoms with van der Waals surface area (Å²) in [7, 11) is 0. The monoisotopic (exact) mass is 390 g/mol. The second kappa shape index (κ2) is 6.98. The zero-order chi connectivity index (χ0) is 18.8. The number of aliphatic carboxylic acids is 1. The number of rotatable bonds is 5. The first-order valence-electron chi connectivity index (χ1n) is 7.09. The van der Waals surface area contributed by atoms with Crippen LogP contribution in [0, 0.1) is 14.1 Å². The van der Waals surface area contributed by atoms with Crippen molar-refractivity contribution < 1.29 is 19.9 Å². The van der Waals surface area contributed by atoms with E-state index in [1.54, 1.807) is 12.1 Å². The fourth-order valence-corrected chi connectivity index (χ4v) is 3.55. The molecule has 0 spiro atoms. The third-order valence-electron chi connectivity index (χ3n) is 3.43.